The van der Waals surface area contributed by atoms with Crippen LogP contribution in [-0.2, 0) is 16.6 Å². The van der Waals surface area contributed by atoms with E-state index >= 15 is 0 Å². The standard InChI is InChI=1S/C15H24N2O3S/c1-3-15(4-2)7-9-17(10-8-15)21(19,20)14-6-5-13(12-18)11-16-14/h5-6,11,18H,3-4,7-10,12H2,1-2H3. The van der Waals surface area contributed by atoms with Crippen molar-refractivity contribution in [3.05, 3.63) is 23.9 Å². The second kappa shape index (κ2) is 6.42. The summed E-state index contributed by atoms with van der Waals surface area (Å²) in [6, 6.07) is 3.08. The minimum absolute atomic E-state index is 0.0696. The lowest BCUT2D eigenvalue weighted by atomic mass is 9.75. The molecule has 1 aliphatic rings. The molecule has 1 aliphatic heterocycles. The SMILES string of the molecule is CCC1(CC)CCN(S(=O)(=O)c2ccc(CO)cn2)CC1. The summed E-state index contributed by atoms with van der Waals surface area (Å²) in [5, 5.41) is 9.06. The van der Waals surface area contributed by atoms with Gasteiger partial charge in [0.25, 0.3) is 10.0 Å². The number of aliphatic hydroxyl groups excluding tert-OH is 1. The van der Waals surface area contributed by atoms with Crippen LogP contribution in [0, 0.1) is 5.41 Å². The average molecular weight is 312 g/mol. The van der Waals surface area contributed by atoms with E-state index in [0.29, 0.717) is 24.1 Å². The zero-order valence-electron chi connectivity index (χ0n) is 12.7. The third kappa shape index (κ3) is 3.27. The topological polar surface area (TPSA) is 70.5 Å². The van der Waals surface area contributed by atoms with Gasteiger partial charge < -0.3 is 5.11 Å². The Hall–Kier alpha value is -0.980. The summed E-state index contributed by atoms with van der Waals surface area (Å²) in [6.07, 6.45) is 5.43. The third-order valence-corrected chi connectivity index (χ3v) is 6.68. The largest absolute Gasteiger partial charge is 0.392 e. The van der Waals surface area contributed by atoms with Crippen molar-refractivity contribution in [2.45, 2.75) is 51.2 Å². The van der Waals surface area contributed by atoms with Crippen LogP contribution in [0.15, 0.2) is 23.4 Å². The second-order valence-corrected chi connectivity index (χ2v) is 7.66. The number of rotatable bonds is 5. The molecule has 0 aromatic carbocycles. The molecule has 0 radical (unpaired) electrons. The molecule has 1 N–H and O–H groups in total. The molecule has 6 heteroatoms. The fraction of sp³-hybridized carbons (Fsp3) is 0.667. The number of aliphatic hydroxyl groups is 1. The average Bonchev–Trinajstić information content (AvgIpc) is 2.55. The van der Waals surface area contributed by atoms with E-state index in [1.807, 2.05) is 0 Å². The van der Waals surface area contributed by atoms with Gasteiger partial charge in [-0.3, -0.25) is 0 Å². The van der Waals surface area contributed by atoms with Crippen molar-refractivity contribution in [1.82, 2.24) is 9.29 Å². The molecule has 118 valence electrons. The Balaban J connectivity index is 2.14. The van der Waals surface area contributed by atoms with Gasteiger partial charge in [0.2, 0.25) is 0 Å². The Kier molecular flexibility index (Phi) is 5.01. The Labute approximate surface area is 127 Å². The first-order valence-corrected chi connectivity index (χ1v) is 8.97. The van der Waals surface area contributed by atoms with Crippen LogP contribution in [0.25, 0.3) is 0 Å². The van der Waals surface area contributed by atoms with Crippen LogP contribution in [0.1, 0.15) is 45.1 Å². The van der Waals surface area contributed by atoms with E-state index in [0.717, 1.165) is 25.7 Å². The molecule has 1 aromatic rings. The summed E-state index contributed by atoms with van der Waals surface area (Å²) in [5.41, 5.74) is 0.906. The molecule has 0 amide bonds. The zero-order chi connectivity index (χ0) is 15.5. The quantitative estimate of drug-likeness (QED) is 0.904. The first kappa shape index (κ1) is 16.4. The maximum atomic E-state index is 12.6. The van der Waals surface area contributed by atoms with Crippen molar-refractivity contribution >= 4 is 10.0 Å². The minimum Gasteiger partial charge on any atom is -0.392 e. The van der Waals surface area contributed by atoms with Crippen molar-refractivity contribution in [2.24, 2.45) is 5.41 Å². The second-order valence-electron chi connectivity index (χ2n) is 5.77. The Bertz CT molecular complexity index is 555. The van der Waals surface area contributed by atoms with Gasteiger partial charge in [0, 0.05) is 19.3 Å². The highest BCUT2D eigenvalue weighted by Crippen LogP contribution is 2.39. The van der Waals surface area contributed by atoms with Crippen LogP contribution in [-0.4, -0.2) is 35.9 Å². The van der Waals surface area contributed by atoms with Crippen LogP contribution in [0.2, 0.25) is 0 Å². The summed E-state index contributed by atoms with van der Waals surface area (Å²) >= 11 is 0. The van der Waals surface area contributed by atoms with E-state index in [1.54, 1.807) is 6.07 Å². The van der Waals surface area contributed by atoms with Crippen molar-refractivity contribution < 1.29 is 13.5 Å². The van der Waals surface area contributed by atoms with Crippen LogP contribution >= 0.6 is 0 Å². The molecule has 1 fully saturated rings. The Morgan fingerprint density at radius 2 is 1.86 bits per heavy atom. The smallest absolute Gasteiger partial charge is 0.260 e. The molecule has 21 heavy (non-hydrogen) atoms. The van der Waals surface area contributed by atoms with E-state index < -0.39 is 10.0 Å². The molecule has 5 nitrogen and oxygen atoms in total. The number of pyridine rings is 1. The van der Waals surface area contributed by atoms with Crippen molar-refractivity contribution in [3.63, 3.8) is 0 Å². The summed E-state index contributed by atoms with van der Waals surface area (Å²) in [7, 11) is -3.51. The fourth-order valence-corrected chi connectivity index (χ4v) is 4.30. The number of sulfonamides is 1. The Morgan fingerprint density at radius 3 is 2.29 bits per heavy atom. The van der Waals surface area contributed by atoms with Crippen LogP contribution in [0.3, 0.4) is 0 Å². The van der Waals surface area contributed by atoms with Crippen molar-refractivity contribution in [2.75, 3.05) is 13.1 Å². The lowest BCUT2D eigenvalue weighted by Crippen LogP contribution is -2.42. The van der Waals surface area contributed by atoms with Crippen molar-refractivity contribution in [1.29, 1.82) is 0 Å². The summed E-state index contributed by atoms with van der Waals surface area (Å²) < 4.78 is 26.7. The first-order valence-electron chi connectivity index (χ1n) is 7.53. The van der Waals surface area contributed by atoms with Crippen molar-refractivity contribution in [3.8, 4) is 0 Å². The molecule has 2 rings (SSSR count). The monoisotopic (exact) mass is 312 g/mol. The molecule has 0 bridgehead atoms. The predicted molar refractivity (Wildman–Crippen MR) is 81.2 cm³/mol. The maximum Gasteiger partial charge on any atom is 0.260 e. The van der Waals surface area contributed by atoms with Gasteiger partial charge in [-0.1, -0.05) is 32.8 Å². The summed E-state index contributed by atoms with van der Waals surface area (Å²) in [4.78, 5) is 3.98. The van der Waals surface area contributed by atoms with E-state index in [4.69, 9.17) is 5.11 Å². The van der Waals surface area contributed by atoms with Gasteiger partial charge in [0.1, 0.15) is 0 Å². The number of hydrogen-bond acceptors (Lipinski definition) is 4. The molecule has 0 unspecified atom stereocenters. The molecule has 0 atom stereocenters. The minimum atomic E-state index is -3.51. The van der Waals surface area contributed by atoms with E-state index in [1.165, 1.54) is 16.6 Å². The van der Waals surface area contributed by atoms with Gasteiger partial charge in [-0.25, -0.2) is 13.4 Å². The van der Waals surface area contributed by atoms with Gasteiger partial charge in [-0.15, -0.1) is 0 Å². The third-order valence-electron chi connectivity index (χ3n) is 4.87. The number of aromatic nitrogens is 1. The van der Waals surface area contributed by atoms with E-state index in [-0.39, 0.29) is 11.6 Å². The lowest BCUT2D eigenvalue weighted by Gasteiger charge is -2.40. The number of nitrogens with zero attached hydrogens (tertiary/aromatic N) is 2. The van der Waals surface area contributed by atoms with Gasteiger partial charge in [0.05, 0.1) is 6.61 Å². The molecule has 2 heterocycles. The maximum absolute atomic E-state index is 12.6. The molecular weight excluding hydrogens is 288 g/mol. The summed E-state index contributed by atoms with van der Waals surface area (Å²) in [5.74, 6) is 0. The molecule has 0 spiro atoms. The van der Waals surface area contributed by atoms with Gasteiger partial charge >= 0.3 is 0 Å². The van der Waals surface area contributed by atoms with Gasteiger partial charge in [0.15, 0.2) is 5.03 Å². The molecule has 1 aromatic heterocycles. The zero-order valence-corrected chi connectivity index (χ0v) is 13.6. The first-order chi connectivity index (χ1) is 9.97. The van der Waals surface area contributed by atoms with E-state index in [2.05, 4.69) is 18.8 Å². The highest BCUT2D eigenvalue weighted by Gasteiger charge is 2.36. The predicted octanol–water partition coefficient (Wildman–Crippen LogP) is 2.16. The lowest BCUT2D eigenvalue weighted by molar-refractivity contribution is 0.141. The van der Waals surface area contributed by atoms with Gasteiger partial charge in [-0.2, -0.15) is 4.31 Å². The van der Waals surface area contributed by atoms with Gasteiger partial charge in [-0.05, 0) is 29.9 Å². The molecule has 0 aliphatic carbocycles. The fourth-order valence-electron chi connectivity index (χ4n) is 2.95. The Morgan fingerprint density at radius 1 is 1.24 bits per heavy atom. The normalized spacial score (nSPS) is 19.6. The highest BCUT2D eigenvalue weighted by atomic mass is 32.2. The highest BCUT2D eigenvalue weighted by molar-refractivity contribution is 7.89. The number of piperidine rings is 1. The molecular formula is C15H24N2O3S. The van der Waals surface area contributed by atoms with Crippen LogP contribution in [0.5, 0.6) is 0 Å². The molecule has 0 saturated carbocycles. The van der Waals surface area contributed by atoms with Crippen LogP contribution < -0.4 is 0 Å². The summed E-state index contributed by atoms with van der Waals surface area (Å²) in [6.45, 7) is 5.36. The molecule has 1 saturated heterocycles. The number of hydrogen-bond donors (Lipinski definition) is 1. The van der Waals surface area contributed by atoms with E-state index in [9.17, 15) is 8.42 Å². The van der Waals surface area contributed by atoms with Crippen LogP contribution in [0.4, 0.5) is 0 Å².